The van der Waals surface area contributed by atoms with Gasteiger partial charge in [-0.15, -0.1) is 0 Å². The van der Waals surface area contributed by atoms with Gasteiger partial charge < -0.3 is 9.80 Å². The zero-order chi connectivity index (χ0) is 20.4. The normalized spacial score (nSPS) is 15.6. The number of ketones is 1. The van der Waals surface area contributed by atoms with Gasteiger partial charge in [-0.25, -0.2) is 17.6 Å². The molecule has 3 rings (SSSR count). The fraction of sp³-hybridized carbons (Fsp3) is 0.381. The van der Waals surface area contributed by atoms with Crippen molar-refractivity contribution in [3.63, 3.8) is 0 Å². The standard InChI is InChI=1S/C21H22F4N2O/c1-26-5-3-16(4-6-26)27(2)17-8-13(7-14(22)10-17)9-20(28)21-18(24)11-15(23)12-19(21)25/h7-8,10-12,16H,3-6,9H2,1-2H3. The number of halogens is 4. The number of rotatable bonds is 5. The second kappa shape index (κ2) is 8.31. The molecule has 0 N–H and O–H groups in total. The summed E-state index contributed by atoms with van der Waals surface area (Å²) in [7, 11) is 3.92. The van der Waals surface area contributed by atoms with Crippen molar-refractivity contribution >= 4 is 11.5 Å². The van der Waals surface area contributed by atoms with E-state index in [1.165, 1.54) is 12.1 Å². The molecule has 2 aromatic rings. The van der Waals surface area contributed by atoms with Gasteiger partial charge in [0, 0.05) is 37.3 Å². The molecule has 150 valence electrons. The topological polar surface area (TPSA) is 23.6 Å². The van der Waals surface area contributed by atoms with E-state index in [1.807, 2.05) is 11.9 Å². The minimum atomic E-state index is -1.26. The molecular weight excluding hydrogens is 372 g/mol. The Morgan fingerprint density at radius 1 is 1.00 bits per heavy atom. The molecule has 3 nitrogen and oxygen atoms in total. The van der Waals surface area contributed by atoms with E-state index in [-0.39, 0.29) is 12.5 Å². The van der Waals surface area contributed by atoms with Gasteiger partial charge >= 0.3 is 0 Å². The number of piperidine rings is 1. The Bertz CT molecular complexity index is 856. The van der Waals surface area contributed by atoms with Gasteiger partial charge in [-0.05, 0) is 56.7 Å². The van der Waals surface area contributed by atoms with E-state index in [9.17, 15) is 22.4 Å². The summed E-state index contributed by atoms with van der Waals surface area (Å²) in [5, 5.41) is 0. The van der Waals surface area contributed by atoms with Crippen LogP contribution in [-0.4, -0.2) is 43.9 Å². The summed E-state index contributed by atoms with van der Waals surface area (Å²) in [5.41, 5.74) is 0.108. The molecule has 0 atom stereocenters. The van der Waals surface area contributed by atoms with Crippen molar-refractivity contribution in [1.82, 2.24) is 4.90 Å². The number of nitrogens with zero attached hydrogens (tertiary/aromatic N) is 2. The maximum absolute atomic E-state index is 14.1. The molecule has 0 bridgehead atoms. The highest BCUT2D eigenvalue weighted by Gasteiger charge is 2.23. The van der Waals surface area contributed by atoms with E-state index in [2.05, 4.69) is 11.9 Å². The predicted octanol–water partition coefficient (Wildman–Crippen LogP) is 4.20. The molecule has 0 aromatic heterocycles. The molecule has 1 aliphatic heterocycles. The molecule has 7 heteroatoms. The summed E-state index contributed by atoms with van der Waals surface area (Å²) in [4.78, 5) is 16.6. The van der Waals surface area contributed by atoms with E-state index in [1.54, 1.807) is 6.07 Å². The monoisotopic (exact) mass is 394 g/mol. The smallest absolute Gasteiger partial charge is 0.173 e. The van der Waals surface area contributed by atoms with Crippen LogP contribution in [0, 0.1) is 23.3 Å². The number of likely N-dealkylation sites (tertiary alicyclic amines) is 1. The minimum absolute atomic E-state index is 0.244. The summed E-state index contributed by atoms with van der Waals surface area (Å²) in [6.45, 7) is 1.89. The Morgan fingerprint density at radius 3 is 2.18 bits per heavy atom. The zero-order valence-electron chi connectivity index (χ0n) is 15.8. The molecule has 1 fully saturated rings. The SMILES string of the molecule is CN1CCC(N(C)c2cc(F)cc(CC(=O)c3c(F)cc(F)cc3F)c2)CC1. The highest BCUT2D eigenvalue weighted by Crippen LogP contribution is 2.25. The number of Topliss-reactive ketones (excluding diaryl/α,β-unsaturated/α-hetero) is 1. The second-order valence-electron chi connectivity index (χ2n) is 7.31. The van der Waals surface area contributed by atoms with Gasteiger partial charge in [0.1, 0.15) is 23.3 Å². The average molecular weight is 394 g/mol. The van der Waals surface area contributed by atoms with Gasteiger partial charge in [-0.3, -0.25) is 4.79 Å². The first-order chi connectivity index (χ1) is 13.2. The maximum atomic E-state index is 14.1. The van der Waals surface area contributed by atoms with Gasteiger partial charge in [0.25, 0.3) is 0 Å². The van der Waals surface area contributed by atoms with Gasteiger partial charge in [0.15, 0.2) is 5.78 Å². The van der Waals surface area contributed by atoms with Crippen LogP contribution in [-0.2, 0) is 6.42 Å². The van der Waals surface area contributed by atoms with Crippen LogP contribution in [0.25, 0.3) is 0 Å². The minimum Gasteiger partial charge on any atom is -0.371 e. The number of hydrogen-bond donors (Lipinski definition) is 0. The third kappa shape index (κ3) is 4.52. The van der Waals surface area contributed by atoms with Crippen LogP contribution >= 0.6 is 0 Å². The van der Waals surface area contributed by atoms with Gasteiger partial charge in [-0.1, -0.05) is 0 Å². The Morgan fingerprint density at radius 2 is 1.57 bits per heavy atom. The second-order valence-corrected chi connectivity index (χ2v) is 7.31. The van der Waals surface area contributed by atoms with E-state index < -0.39 is 34.6 Å². The first-order valence-electron chi connectivity index (χ1n) is 9.13. The molecule has 28 heavy (non-hydrogen) atoms. The lowest BCUT2D eigenvalue weighted by atomic mass is 10.00. The summed E-state index contributed by atoms with van der Waals surface area (Å²) in [6, 6.07) is 5.36. The lowest BCUT2D eigenvalue weighted by Gasteiger charge is -2.36. The highest BCUT2D eigenvalue weighted by molar-refractivity contribution is 5.98. The van der Waals surface area contributed by atoms with E-state index in [4.69, 9.17) is 0 Å². The summed E-state index contributed by atoms with van der Waals surface area (Å²) >= 11 is 0. The third-order valence-corrected chi connectivity index (χ3v) is 5.24. The largest absolute Gasteiger partial charge is 0.371 e. The zero-order valence-corrected chi connectivity index (χ0v) is 15.8. The Labute approximate surface area is 161 Å². The summed E-state index contributed by atoms with van der Waals surface area (Å²) in [5.74, 6) is -5.02. The van der Waals surface area contributed by atoms with Crippen LogP contribution < -0.4 is 4.90 Å². The van der Waals surface area contributed by atoms with Crippen LogP contribution in [0.1, 0.15) is 28.8 Å². The van der Waals surface area contributed by atoms with Crippen molar-refractivity contribution < 1.29 is 22.4 Å². The number of hydrogen-bond acceptors (Lipinski definition) is 3. The predicted molar refractivity (Wildman–Crippen MR) is 99.7 cm³/mol. The Balaban J connectivity index is 1.81. The van der Waals surface area contributed by atoms with Crippen LogP contribution in [0.4, 0.5) is 23.2 Å². The van der Waals surface area contributed by atoms with Crippen molar-refractivity contribution in [2.75, 3.05) is 32.1 Å². The molecule has 0 spiro atoms. The lowest BCUT2D eigenvalue weighted by molar-refractivity contribution is 0.0984. The van der Waals surface area contributed by atoms with Crippen LogP contribution in [0.2, 0.25) is 0 Å². The average Bonchev–Trinajstić information content (AvgIpc) is 2.60. The van der Waals surface area contributed by atoms with Crippen molar-refractivity contribution in [2.24, 2.45) is 0 Å². The van der Waals surface area contributed by atoms with E-state index in [0.717, 1.165) is 25.9 Å². The first kappa shape index (κ1) is 20.3. The highest BCUT2D eigenvalue weighted by atomic mass is 19.1. The quantitative estimate of drug-likeness (QED) is 0.561. The molecule has 1 saturated heterocycles. The Hall–Kier alpha value is -2.41. The number of carbonyl (C=O) groups is 1. The van der Waals surface area contributed by atoms with Crippen LogP contribution in [0.3, 0.4) is 0 Å². The number of benzene rings is 2. The number of carbonyl (C=O) groups excluding carboxylic acids is 1. The molecule has 1 heterocycles. The van der Waals surface area contributed by atoms with Crippen LogP contribution in [0.5, 0.6) is 0 Å². The summed E-state index contributed by atoms with van der Waals surface area (Å²) < 4.78 is 54.9. The van der Waals surface area contributed by atoms with Gasteiger partial charge in [0.2, 0.25) is 0 Å². The lowest BCUT2D eigenvalue weighted by Crippen LogP contribution is -2.42. The molecule has 1 aliphatic rings. The third-order valence-electron chi connectivity index (χ3n) is 5.24. The van der Waals surface area contributed by atoms with Crippen molar-refractivity contribution in [3.05, 3.63) is 64.7 Å². The number of anilines is 1. The first-order valence-corrected chi connectivity index (χ1v) is 9.13. The van der Waals surface area contributed by atoms with Crippen molar-refractivity contribution in [3.8, 4) is 0 Å². The van der Waals surface area contributed by atoms with Crippen molar-refractivity contribution in [2.45, 2.75) is 25.3 Å². The molecule has 0 saturated carbocycles. The van der Waals surface area contributed by atoms with Crippen LogP contribution in [0.15, 0.2) is 30.3 Å². The van der Waals surface area contributed by atoms with E-state index in [0.29, 0.717) is 23.4 Å². The summed E-state index contributed by atoms with van der Waals surface area (Å²) in [6.07, 6.45) is 1.49. The maximum Gasteiger partial charge on any atom is 0.173 e. The fourth-order valence-corrected chi connectivity index (χ4v) is 3.61. The van der Waals surface area contributed by atoms with Gasteiger partial charge in [-0.2, -0.15) is 0 Å². The molecule has 2 aromatic carbocycles. The molecule has 0 radical (unpaired) electrons. The van der Waals surface area contributed by atoms with Gasteiger partial charge in [0.05, 0.1) is 5.56 Å². The molecule has 0 amide bonds. The van der Waals surface area contributed by atoms with E-state index >= 15 is 0 Å². The Kier molecular flexibility index (Phi) is 6.03. The molecular formula is C21H22F4N2O. The molecule has 0 aliphatic carbocycles. The molecule has 0 unspecified atom stereocenters. The fourth-order valence-electron chi connectivity index (χ4n) is 3.61. The van der Waals surface area contributed by atoms with Crippen molar-refractivity contribution in [1.29, 1.82) is 0 Å².